The maximum Gasteiger partial charge on any atom is 0.337 e. The molecule has 0 spiro atoms. The molecule has 8 aromatic carbocycles. The number of aliphatic hydroxyl groups is 2. The molecule has 4 aromatic heterocycles. The van der Waals surface area contributed by atoms with Crippen LogP contribution in [0.3, 0.4) is 0 Å². The molecule has 80 heavy (non-hydrogen) atoms. The quantitative estimate of drug-likeness (QED) is 0.140. The summed E-state index contributed by atoms with van der Waals surface area (Å²) in [7, 11) is 10.7. The van der Waals surface area contributed by atoms with Crippen molar-refractivity contribution < 1.29 is 29.3 Å². The molecule has 0 saturated heterocycles. The number of hydrogen-bond donors (Lipinski definition) is 2. The summed E-state index contributed by atoms with van der Waals surface area (Å²) >= 11 is 0. The van der Waals surface area contributed by atoms with E-state index in [1.165, 1.54) is 36.5 Å². The SMILES string of the molecule is COC(=O)c1ccc2c(c1)nc(-c1ccc(C)cc1)n2C.COC(=O)c1ccc2nc(-c3ccc(C)cc3)n(C)c2c1.Cc1ccc(-c2nc3cc(CO)ccc3n2C)cc1.Cc1ccc(-c2nc3ccc(CO)cc3n2C)cc1. The number of imidazole rings is 4. The van der Waals surface area contributed by atoms with E-state index in [0.717, 1.165) is 101 Å². The van der Waals surface area contributed by atoms with Crippen molar-refractivity contribution in [1.29, 1.82) is 0 Å². The van der Waals surface area contributed by atoms with Crippen molar-refractivity contribution in [3.63, 3.8) is 0 Å². The van der Waals surface area contributed by atoms with Gasteiger partial charge in [-0.25, -0.2) is 29.5 Å². The van der Waals surface area contributed by atoms with Gasteiger partial charge in [0.1, 0.15) is 23.3 Å². The topological polar surface area (TPSA) is 164 Å². The number of carbonyl (C=O) groups is 2. The second-order valence-electron chi connectivity index (χ2n) is 19.8. The van der Waals surface area contributed by atoms with Crippen LogP contribution in [0.15, 0.2) is 170 Å². The maximum atomic E-state index is 11.6. The fourth-order valence-electron chi connectivity index (χ4n) is 9.40. The molecule has 0 fully saturated rings. The lowest BCUT2D eigenvalue weighted by molar-refractivity contribution is 0.0592. The minimum absolute atomic E-state index is 0.0480. The van der Waals surface area contributed by atoms with E-state index in [1.807, 2.05) is 91.9 Å². The molecule has 12 aromatic rings. The van der Waals surface area contributed by atoms with Crippen molar-refractivity contribution in [3.8, 4) is 45.6 Å². The van der Waals surface area contributed by atoms with E-state index < -0.39 is 0 Å². The molecule has 0 radical (unpaired) electrons. The first kappa shape index (κ1) is 55.3. The predicted molar refractivity (Wildman–Crippen MR) is 318 cm³/mol. The van der Waals surface area contributed by atoms with Gasteiger partial charge in [-0.2, -0.15) is 0 Å². The van der Waals surface area contributed by atoms with Gasteiger partial charge in [0.15, 0.2) is 0 Å². The summed E-state index contributed by atoms with van der Waals surface area (Å²) < 4.78 is 17.7. The van der Waals surface area contributed by atoms with Crippen LogP contribution in [-0.2, 0) is 50.9 Å². The number of benzene rings is 8. The zero-order chi connectivity index (χ0) is 56.8. The Bertz CT molecular complexity index is 4080. The minimum atomic E-state index is -0.348. The van der Waals surface area contributed by atoms with Crippen LogP contribution < -0.4 is 0 Å². The highest BCUT2D eigenvalue weighted by atomic mass is 16.5. The summed E-state index contributed by atoms with van der Waals surface area (Å²) in [5, 5.41) is 18.4. The Morgan fingerprint density at radius 2 is 0.662 bits per heavy atom. The molecule has 12 rings (SSSR count). The van der Waals surface area contributed by atoms with Gasteiger partial charge in [0, 0.05) is 50.4 Å². The Balaban J connectivity index is 0.000000129. The number of aryl methyl sites for hydroxylation is 8. The number of aromatic nitrogens is 8. The van der Waals surface area contributed by atoms with Gasteiger partial charge in [-0.05, 0) is 99.5 Å². The molecule has 4 heterocycles. The summed E-state index contributed by atoms with van der Waals surface area (Å²) in [6.07, 6.45) is 0. The number of methoxy groups -OCH3 is 2. The van der Waals surface area contributed by atoms with Gasteiger partial charge >= 0.3 is 11.9 Å². The smallest absolute Gasteiger partial charge is 0.337 e. The predicted octanol–water partition coefficient (Wildman–Crippen LogP) is 12.8. The molecule has 0 aliphatic heterocycles. The van der Waals surface area contributed by atoms with Gasteiger partial charge in [-0.3, -0.25) is 0 Å². The summed E-state index contributed by atoms with van der Waals surface area (Å²) in [6, 6.07) is 55.7. The molecule has 0 unspecified atom stereocenters. The van der Waals surface area contributed by atoms with Gasteiger partial charge in [0.05, 0.1) is 82.7 Å². The Morgan fingerprint density at radius 3 is 1.06 bits per heavy atom. The number of aliphatic hydroxyl groups excluding tert-OH is 2. The summed E-state index contributed by atoms with van der Waals surface area (Å²) in [4.78, 5) is 41.9. The van der Waals surface area contributed by atoms with E-state index in [0.29, 0.717) is 11.1 Å². The summed E-state index contributed by atoms with van der Waals surface area (Å²) in [6.45, 7) is 8.37. The van der Waals surface area contributed by atoms with Gasteiger partial charge in [-0.1, -0.05) is 131 Å². The van der Waals surface area contributed by atoms with Gasteiger partial charge in [0.25, 0.3) is 0 Å². The fraction of sp³-hybridized carbons (Fsp3) is 0.182. The third-order valence-electron chi connectivity index (χ3n) is 14.1. The fourth-order valence-corrected chi connectivity index (χ4v) is 9.40. The number of rotatable bonds is 8. The highest BCUT2D eigenvalue weighted by molar-refractivity contribution is 5.95. The number of hydrogen-bond acceptors (Lipinski definition) is 10. The van der Waals surface area contributed by atoms with E-state index >= 15 is 0 Å². The highest BCUT2D eigenvalue weighted by Crippen LogP contribution is 2.29. The van der Waals surface area contributed by atoms with Crippen LogP contribution in [0.2, 0.25) is 0 Å². The third kappa shape index (κ3) is 11.8. The molecule has 2 N–H and O–H groups in total. The molecular weight excluding hydrogens is 1000 g/mol. The van der Waals surface area contributed by atoms with Crippen molar-refractivity contribution in [2.24, 2.45) is 28.2 Å². The first-order chi connectivity index (χ1) is 38.6. The number of carbonyl (C=O) groups excluding carboxylic acids is 2. The minimum Gasteiger partial charge on any atom is -0.465 e. The maximum absolute atomic E-state index is 11.6. The lowest BCUT2D eigenvalue weighted by atomic mass is 10.1. The summed E-state index contributed by atoms with van der Waals surface area (Å²) in [5.74, 6) is 2.98. The Kier molecular flexibility index (Phi) is 16.6. The molecule has 14 nitrogen and oxygen atoms in total. The van der Waals surface area contributed by atoms with E-state index in [-0.39, 0.29) is 25.2 Å². The van der Waals surface area contributed by atoms with Crippen LogP contribution >= 0.6 is 0 Å². The Morgan fingerprint density at radius 1 is 0.362 bits per heavy atom. The summed E-state index contributed by atoms with van der Waals surface area (Å²) in [5.41, 5.74) is 19.6. The molecule has 0 amide bonds. The van der Waals surface area contributed by atoms with Crippen LogP contribution in [0, 0.1) is 27.7 Å². The van der Waals surface area contributed by atoms with E-state index in [9.17, 15) is 19.8 Å². The third-order valence-corrected chi connectivity index (χ3v) is 14.1. The molecule has 0 aliphatic carbocycles. The number of esters is 2. The lowest BCUT2D eigenvalue weighted by Gasteiger charge is -2.03. The molecule has 0 aliphatic rings. The molecule has 0 bridgehead atoms. The lowest BCUT2D eigenvalue weighted by Crippen LogP contribution is -2.01. The highest BCUT2D eigenvalue weighted by Gasteiger charge is 2.16. The molecule has 404 valence electrons. The monoisotopic (exact) mass is 1060 g/mol. The zero-order valence-electron chi connectivity index (χ0n) is 46.7. The molecule has 0 saturated carbocycles. The average molecular weight is 1070 g/mol. The van der Waals surface area contributed by atoms with Crippen LogP contribution in [-0.4, -0.2) is 74.6 Å². The van der Waals surface area contributed by atoms with Crippen molar-refractivity contribution in [1.82, 2.24) is 38.2 Å². The normalized spacial score (nSPS) is 10.9. The second-order valence-corrected chi connectivity index (χ2v) is 19.8. The van der Waals surface area contributed by atoms with Crippen LogP contribution in [0.25, 0.3) is 89.7 Å². The molecular formula is C66H64N8O6. The Labute approximate surface area is 464 Å². The van der Waals surface area contributed by atoms with E-state index in [1.54, 1.807) is 18.2 Å². The van der Waals surface area contributed by atoms with E-state index in [2.05, 4.69) is 154 Å². The number of ether oxygens (including phenoxy) is 2. The van der Waals surface area contributed by atoms with Gasteiger partial charge < -0.3 is 38.0 Å². The second kappa shape index (κ2) is 24.0. The average Bonchev–Trinajstić information content (AvgIpc) is 4.31. The van der Waals surface area contributed by atoms with Crippen LogP contribution in [0.5, 0.6) is 0 Å². The standard InChI is InChI=1S/2C17H16N2O2.2C16H16N2O/c1-11-4-6-12(7-5-11)16-18-14-10-13(17(20)21-3)8-9-15(14)19(16)2;1-11-4-6-12(7-5-11)16-18-14-9-8-13(17(20)21-3)10-15(14)19(16)2;1-11-3-6-13(7-4-11)16-17-14-9-12(10-19)5-8-15(14)18(16)2;1-11-3-6-13(7-4-11)16-17-14-8-5-12(10-19)9-15(14)18(16)2/h2*4-10H,1-3H3;2*3-9,19H,10H2,1-2H3. The molecule has 14 heteroatoms. The van der Waals surface area contributed by atoms with Gasteiger partial charge in [0.2, 0.25) is 0 Å². The van der Waals surface area contributed by atoms with Gasteiger partial charge in [-0.15, -0.1) is 0 Å². The number of nitrogens with zero attached hydrogens (tertiary/aromatic N) is 8. The zero-order valence-corrected chi connectivity index (χ0v) is 46.7. The number of fused-ring (bicyclic) bond motifs is 4. The first-order valence-electron chi connectivity index (χ1n) is 26.1. The van der Waals surface area contributed by atoms with Crippen LogP contribution in [0.4, 0.5) is 0 Å². The van der Waals surface area contributed by atoms with Crippen molar-refractivity contribution in [2.45, 2.75) is 40.9 Å². The van der Waals surface area contributed by atoms with Crippen LogP contribution in [0.1, 0.15) is 54.1 Å². The van der Waals surface area contributed by atoms with Crippen molar-refractivity contribution in [3.05, 3.63) is 214 Å². The van der Waals surface area contributed by atoms with Crippen molar-refractivity contribution >= 4 is 56.1 Å². The largest absolute Gasteiger partial charge is 0.465 e. The first-order valence-corrected chi connectivity index (χ1v) is 26.1. The van der Waals surface area contributed by atoms with E-state index in [4.69, 9.17) is 9.47 Å². The molecule has 0 atom stereocenters. The van der Waals surface area contributed by atoms with Crippen molar-refractivity contribution in [2.75, 3.05) is 14.2 Å². The Hall–Kier alpha value is -9.50.